The van der Waals surface area contributed by atoms with Gasteiger partial charge in [-0.15, -0.1) is 0 Å². The molecule has 0 unspecified atom stereocenters. The predicted octanol–water partition coefficient (Wildman–Crippen LogP) is 2.75. The Bertz CT molecular complexity index is 1650. The van der Waals surface area contributed by atoms with Gasteiger partial charge in [-0.05, 0) is 36.8 Å². The van der Waals surface area contributed by atoms with Crippen LogP contribution in [0.2, 0.25) is 0 Å². The van der Waals surface area contributed by atoms with E-state index in [9.17, 15) is 0 Å². The Kier molecular flexibility index (Phi) is 7.60. The third-order valence-electron chi connectivity index (χ3n) is 6.61. The molecular formula is C30H33N9. The molecule has 6 heterocycles. The van der Waals surface area contributed by atoms with E-state index >= 15 is 0 Å². The van der Waals surface area contributed by atoms with Gasteiger partial charge in [0.2, 0.25) is 0 Å². The fourth-order valence-electron chi connectivity index (χ4n) is 4.72. The predicted molar refractivity (Wildman–Crippen MR) is 158 cm³/mol. The van der Waals surface area contributed by atoms with Crippen LogP contribution in [0.15, 0.2) is 66.7 Å². The fraction of sp³-hybridized carbons (Fsp3) is 0.233. The lowest BCUT2D eigenvalue weighted by Crippen LogP contribution is -2.56. The van der Waals surface area contributed by atoms with Gasteiger partial charge in [0.15, 0.2) is 0 Å². The van der Waals surface area contributed by atoms with Crippen LogP contribution >= 0.6 is 0 Å². The number of aromatic amines is 2. The van der Waals surface area contributed by atoms with Crippen molar-refractivity contribution in [3.63, 3.8) is 0 Å². The van der Waals surface area contributed by atoms with Crippen molar-refractivity contribution in [2.75, 3.05) is 24.5 Å². The number of nitrogens with two attached hydrogens (primary N) is 1. The van der Waals surface area contributed by atoms with Gasteiger partial charge in [0.25, 0.3) is 0 Å². The number of nitrogens with one attached hydrogen (secondary N) is 2. The second kappa shape index (κ2) is 11.4. The Balaban J connectivity index is 0.00000151. The largest absolute Gasteiger partial charge is 0.357 e. The molecule has 6 rings (SSSR count). The van der Waals surface area contributed by atoms with Crippen molar-refractivity contribution in [1.29, 1.82) is 0 Å². The highest BCUT2D eigenvalue weighted by molar-refractivity contribution is 6.20. The highest BCUT2D eigenvalue weighted by Crippen LogP contribution is 2.29. The summed E-state index contributed by atoms with van der Waals surface area (Å²) in [6.45, 7) is 12.1. The summed E-state index contributed by atoms with van der Waals surface area (Å²) in [5.74, 6) is 0.817. The molecule has 2 aliphatic heterocycles. The van der Waals surface area contributed by atoms with E-state index in [1.54, 1.807) is 24.7 Å². The van der Waals surface area contributed by atoms with Crippen LogP contribution in [0, 0.1) is 6.92 Å². The number of aromatic nitrogens is 6. The Labute approximate surface area is 227 Å². The van der Waals surface area contributed by atoms with Gasteiger partial charge in [0, 0.05) is 53.6 Å². The molecule has 39 heavy (non-hydrogen) atoms. The molecule has 198 valence electrons. The van der Waals surface area contributed by atoms with Crippen molar-refractivity contribution in [1.82, 2.24) is 30.1 Å². The van der Waals surface area contributed by atoms with Crippen molar-refractivity contribution in [2.24, 2.45) is 10.7 Å². The topological polar surface area (TPSA) is 125 Å². The van der Waals surface area contributed by atoms with E-state index in [0.717, 1.165) is 74.7 Å². The molecule has 4 aromatic rings. The molecule has 4 aromatic heterocycles. The maximum atomic E-state index is 5.95. The Hall–Kier alpha value is -4.63. The number of hydrogen-bond donors (Lipinski definition) is 3. The molecule has 1 fully saturated rings. The summed E-state index contributed by atoms with van der Waals surface area (Å²) in [6.07, 6.45) is 15.0. The average Bonchev–Trinajstić information content (AvgIpc) is 3.46. The minimum Gasteiger partial charge on any atom is -0.357 e. The van der Waals surface area contributed by atoms with E-state index in [1.807, 2.05) is 50.4 Å². The first-order valence-electron chi connectivity index (χ1n) is 13.2. The molecule has 0 amide bonds. The van der Waals surface area contributed by atoms with Crippen LogP contribution in [0.3, 0.4) is 0 Å². The number of nitrogens with zero attached hydrogens (tertiary/aromatic N) is 6. The van der Waals surface area contributed by atoms with Gasteiger partial charge >= 0.3 is 0 Å². The van der Waals surface area contributed by atoms with E-state index < -0.39 is 0 Å². The average molecular weight is 520 g/mol. The van der Waals surface area contributed by atoms with Crippen molar-refractivity contribution < 1.29 is 0 Å². The first-order valence-corrected chi connectivity index (χ1v) is 13.2. The van der Waals surface area contributed by atoms with Crippen molar-refractivity contribution in [2.45, 2.75) is 26.8 Å². The number of anilines is 1. The van der Waals surface area contributed by atoms with Crippen LogP contribution in [0.4, 0.5) is 5.82 Å². The smallest absolute Gasteiger partial charge is 0.147 e. The minimum atomic E-state index is 0.187. The number of allylic oxidation sites excluding steroid dienone is 2. The summed E-state index contributed by atoms with van der Waals surface area (Å²) in [5, 5.41) is 9.72. The maximum Gasteiger partial charge on any atom is 0.147 e. The van der Waals surface area contributed by atoms with Crippen LogP contribution in [-0.2, 0) is 0 Å². The molecule has 0 spiro atoms. The summed E-state index contributed by atoms with van der Waals surface area (Å²) in [7, 11) is 0. The van der Waals surface area contributed by atoms with Crippen LogP contribution in [0.25, 0.3) is 29.1 Å². The molecule has 0 aromatic carbocycles. The number of pyridine rings is 1. The molecule has 9 heteroatoms. The SMILES string of the molecule is C=C/C=C(/c1cccnc1)c1cc(-c2n[nH]c3c2=CC(c2cncc(N4CC(N)C4)n2)=NCC=3)[nH]c1C.CC. The molecule has 9 nitrogen and oxygen atoms in total. The van der Waals surface area contributed by atoms with Gasteiger partial charge < -0.3 is 15.6 Å². The first kappa shape index (κ1) is 26.0. The van der Waals surface area contributed by atoms with Gasteiger partial charge in [-0.25, -0.2) is 4.98 Å². The zero-order valence-electron chi connectivity index (χ0n) is 22.5. The van der Waals surface area contributed by atoms with Crippen molar-refractivity contribution in [3.05, 3.63) is 94.8 Å². The molecule has 0 saturated carbocycles. The zero-order valence-corrected chi connectivity index (χ0v) is 22.5. The number of aliphatic imine (C=N–C) groups is 1. The number of rotatable bonds is 6. The fourth-order valence-corrected chi connectivity index (χ4v) is 4.72. The van der Waals surface area contributed by atoms with E-state index in [2.05, 4.69) is 49.6 Å². The Morgan fingerprint density at radius 2 is 2.03 bits per heavy atom. The molecule has 4 N–H and O–H groups in total. The molecule has 2 aliphatic rings. The standard InChI is InChI=1S/C28H27N9.C2H6/c1-3-5-20(18-6-4-8-30-12-18)21-10-25(33-17(21)2)28-22-11-24(32-9-7-23(22)35-36-28)26-13-31-14-27(34-26)37-15-19(29)16-37;1-2/h3-8,10-14,19,33,35H,1,9,15-16,29H2,2H3;1-2H3/b20-5-;. The van der Waals surface area contributed by atoms with E-state index in [0.29, 0.717) is 6.54 Å². The molecule has 1 saturated heterocycles. The van der Waals surface area contributed by atoms with Crippen LogP contribution in [0.1, 0.15) is 36.4 Å². The number of aryl methyl sites for hydroxylation is 1. The van der Waals surface area contributed by atoms with Crippen LogP contribution in [-0.4, -0.2) is 61.5 Å². The molecule has 0 bridgehead atoms. The van der Waals surface area contributed by atoms with E-state index in [1.165, 1.54) is 0 Å². The summed E-state index contributed by atoms with van der Waals surface area (Å²) in [5.41, 5.74) is 13.3. The summed E-state index contributed by atoms with van der Waals surface area (Å²) in [6, 6.07) is 6.29. The van der Waals surface area contributed by atoms with E-state index in [4.69, 9.17) is 15.7 Å². The lowest BCUT2D eigenvalue weighted by molar-refractivity contribution is 0.513. The quantitative estimate of drug-likeness (QED) is 0.337. The first-order chi connectivity index (χ1) is 19.1. The monoisotopic (exact) mass is 519 g/mol. The summed E-state index contributed by atoms with van der Waals surface area (Å²) in [4.78, 5) is 23.9. The van der Waals surface area contributed by atoms with Crippen molar-refractivity contribution >= 4 is 29.3 Å². The van der Waals surface area contributed by atoms with Crippen LogP contribution in [0.5, 0.6) is 0 Å². The lowest BCUT2D eigenvalue weighted by Gasteiger charge is -2.37. The van der Waals surface area contributed by atoms with Crippen molar-refractivity contribution in [3.8, 4) is 11.4 Å². The number of hydrogen-bond acceptors (Lipinski definition) is 7. The van der Waals surface area contributed by atoms with Gasteiger partial charge in [-0.1, -0.05) is 38.6 Å². The minimum absolute atomic E-state index is 0.187. The summed E-state index contributed by atoms with van der Waals surface area (Å²) >= 11 is 0. The molecule has 0 atom stereocenters. The second-order valence-corrected chi connectivity index (χ2v) is 9.18. The summed E-state index contributed by atoms with van der Waals surface area (Å²) < 4.78 is 0. The highest BCUT2D eigenvalue weighted by atomic mass is 15.3. The van der Waals surface area contributed by atoms with Gasteiger partial charge in [-0.2, -0.15) is 5.10 Å². The second-order valence-electron chi connectivity index (χ2n) is 9.18. The normalized spacial score (nSPS) is 15.0. The Morgan fingerprint density at radius 3 is 2.77 bits per heavy atom. The van der Waals surface area contributed by atoms with Gasteiger partial charge in [0.05, 0.1) is 35.7 Å². The number of fused-ring (bicyclic) bond motifs is 1. The number of H-pyrrole nitrogens is 2. The molecule has 0 radical (unpaired) electrons. The third-order valence-corrected chi connectivity index (χ3v) is 6.61. The highest BCUT2D eigenvalue weighted by Gasteiger charge is 2.25. The van der Waals surface area contributed by atoms with Gasteiger partial charge in [-0.3, -0.25) is 20.1 Å². The molecular weight excluding hydrogens is 486 g/mol. The third kappa shape index (κ3) is 5.21. The Morgan fingerprint density at radius 1 is 1.18 bits per heavy atom. The van der Waals surface area contributed by atoms with Gasteiger partial charge in [0.1, 0.15) is 17.2 Å². The zero-order chi connectivity index (χ0) is 27.4. The molecule has 0 aliphatic carbocycles. The van der Waals surface area contributed by atoms with Crippen LogP contribution < -0.4 is 21.2 Å². The lowest BCUT2D eigenvalue weighted by atomic mass is 9.99. The van der Waals surface area contributed by atoms with E-state index in [-0.39, 0.29) is 6.04 Å². The maximum absolute atomic E-state index is 5.95.